The van der Waals surface area contributed by atoms with Gasteiger partial charge >= 0.3 is 0 Å². The highest BCUT2D eigenvalue weighted by molar-refractivity contribution is 8.18. The third-order valence-electron chi connectivity index (χ3n) is 5.43. The molecule has 0 saturated carbocycles. The van der Waals surface area contributed by atoms with E-state index in [4.69, 9.17) is 32.7 Å². The highest BCUT2D eigenvalue weighted by Gasteiger charge is 2.36. The average molecular weight is 611 g/mol. The van der Waals surface area contributed by atoms with Crippen molar-refractivity contribution in [1.29, 1.82) is 0 Å². The summed E-state index contributed by atoms with van der Waals surface area (Å²) in [4.78, 5) is 38.3. The van der Waals surface area contributed by atoms with Gasteiger partial charge in [0.15, 0.2) is 29.0 Å². The quantitative estimate of drug-likeness (QED) is 0.206. The number of imide groups is 1. The van der Waals surface area contributed by atoms with Crippen LogP contribution in [0.2, 0.25) is 10.0 Å². The lowest BCUT2D eigenvalue weighted by Crippen LogP contribution is -2.36. The smallest absolute Gasteiger partial charge is 0.294 e. The van der Waals surface area contributed by atoms with Gasteiger partial charge in [0.25, 0.3) is 11.1 Å². The van der Waals surface area contributed by atoms with Crippen LogP contribution in [0.4, 0.5) is 23.7 Å². The van der Waals surface area contributed by atoms with E-state index in [1.807, 2.05) is 5.32 Å². The molecule has 1 heterocycles. The first kappa shape index (κ1) is 29.3. The van der Waals surface area contributed by atoms with Crippen LogP contribution in [-0.4, -0.2) is 35.1 Å². The van der Waals surface area contributed by atoms with E-state index in [0.717, 1.165) is 11.6 Å². The Morgan fingerprint density at radius 3 is 2.48 bits per heavy atom. The molecular formula is C27H19Cl2F3N2O5S. The second-order valence-electron chi connectivity index (χ2n) is 8.22. The molecule has 3 aromatic rings. The van der Waals surface area contributed by atoms with Crippen LogP contribution in [0.5, 0.6) is 11.5 Å². The molecule has 0 atom stereocenters. The molecule has 7 nitrogen and oxygen atoms in total. The van der Waals surface area contributed by atoms with Crippen molar-refractivity contribution in [3.8, 4) is 11.5 Å². The van der Waals surface area contributed by atoms with Gasteiger partial charge in [-0.3, -0.25) is 19.3 Å². The summed E-state index contributed by atoms with van der Waals surface area (Å²) in [5.41, 5.74) is 0.673. The number of amides is 3. The van der Waals surface area contributed by atoms with E-state index >= 15 is 0 Å². The predicted octanol–water partition coefficient (Wildman–Crippen LogP) is 7.06. The fraction of sp³-hybridized carbons (Fsp3) is 0.148. The van der Waals surface area contributed by atoms with Gasteiger partial charge in [0.05, 0.1) is 27.2 Å². The fourth-order valence-corrected chi connectivity index (χ4v) is 4.69. The van der Waals surface area contributed by atoms with Gasteiger partial charge in [-0.25, -0.2) is 13.2 Å². The van der Waals surface area contributed by atoms with Gasteiger partial charge < -0.3 is 14.8 Å². The summed E-state index contributed by atoms with van der Waals surface area (Å²) in [7, 11) is 0. The van der Waals surface area contributed by atoms with Gasteiger partial charge in [-0.05, 0) is 72.3 Å². The van der Waals surface area contributed by atoms with E-state index in [-0.39, 0.29) is 11.5 Å². The number of nitrogens with zero attached hydrogens (tertiary/aromatic N) is 1. The Balaban J connectivity index is 1.45. The molecule has 1 N–H and O–H groups in total. The standard InChI is InChI=1S/C27H19Cl2F3N2O5S/c1-2-38-21-10-14(4-8-20(21)39-13-15-3-5-16(28)17(29)9-15)11-22-26(36)34(27(37)40-22)12-23(35)33-19-7-6-18(30)24(31)25(19)32/h3-11H,2,12-13H2,1H3,(H,33,35)/b22-11+. The molecule has 1 aliphatic heterocycles. The van der Waals surface area contributed by atoms with Crippen LogP contribution in [0.15, 0.2) is 53.4 Å². The highest BCUT2D eigenvalue weighted by atomic mass is 35.5. The SMILES string of the molecule is CCOc1cc(/C=C2/SC(=O)N(CC(=O)Nc3ccc(F)c(F)c3F)C2=O)ccc1OCc1ccc(Cl)c(Cl)c1. The predicted molar refractivity (Wildman–Crippen MR) is 146 cm³/mol. The zero-order valence-electron chi connectivity index (χ0n) is 20.6. The van der Waals surface area contributed by atoms with Crippen molar-refractivity contribution >= 4 is 63.8 Å². The van der Waals surface area contributed by atoms with Gasteiger partial charge in [0, 0.05) is 0 Å². The molecular weight excluding hydrogens is 592 g/mol. The third-order valence-corrected chi connectivity index (χ3v) is 7.07. The van der Waals surface area contributed by atoms with Crippen molar-refractivity contribution in [2.45, 2.75) is 13.5 Å². The van der Waals surface area contributed by atoms with Crippen LogP contribution < -0.4 is 14.8 Å². The summed E-state index contributed by atoms with van der Waals surface area (Å²) in [6.07, 6.45) is 1.45. The topological polar surface area (TPSA) is 84.9 Å². The Morgan fingerprint density at radius 2 is 1.75 bits per heavy atom. The number of rotatable bonds is 9. The monoisotopic (exact) mass is 610 g/mol. The normalized spacial score (nSPS) is 14.2. The minimum absolute atomic E-state index is 0.0312. The maximum atomic E-state index is 13.9. The van der Waals surface area contributed by atoms with Crippen molar-refractivity contribution in [1.82, 2.24) is 4.90 Å². The van der Waals surface area contributed by atoms with Crippen molar-refractivity contribution in [3.05, 3.63) is 92.1 Å². The largest absolute Gasteiger partial charge is 0.490 e. The second-order valence-corrected chi connectivity index (χ2v) is 10.0. The molecule has 0 spiro atoms. The van der Waals surface area contributed by atoms with Gasteiger partial charge in [-0.15, -0.1) is 0 Å². The zero-order chi connectivity index (χ0) is 29.0. The number of benzene rings is 3. The number of carbonyl (C=O) groups excluding carboxylic acids is 3. The summed E-state index contributed by atoms with van der Waals surface area (Å²) in [6.45, 7) is 1.55. The number of hydrogen-bond donors (Lipinski definition) is 1. The van der Waals surface area contributed by atoms with Gasteiger partial charge in [-0.2, -0.15) is 0 Å². The molecule has 3 aromatic carbocycles. The summed E-state index contributed by atoms with van der Waals surface area (Å²) < 4.78 is 51.9. The number of anilines is 1. The van der Waals surface area contributed by atoms with Gasteiger partial charge in [-0.1, -0.05) is 35.3 Å². The van der Waals surface area contributed by atoms with Crippen molar-refractivity contribution in [3.63, 3.8) is 0 Å². The molecule has 3 amide bonds. The maximum Gasteiger partial charge on any atom is 0.294 e. The van der Waals surface area contributed by atoms with E-state index in [1.54, 1.807) is 43.3 Å². The van der Waals surface area contributed by atoms with E-state index in [0.29, 0.717) is 56.4 Å². The van der Waals surface area contributed by atoms with Crippen molar-refractivity contribution in [2.75, 3.05) is 18.5 Å². The van der Waals surface area contributed by atoms with E-state index in [2.05, 4.69) is 0 Å². The molecule has 0 radical (unpaired) electrons. The van der Waals surface area contributed by atoms with Crippen molar-refractivity contribution in [2.24, 2.45) is 0 Å². The molecule has 0 aliphatic carbocycles. The van der Waals surface area contributed by atoms with E-state index in [9.17, 15) is 27.6 Å². The van der Waals surface area contributed by atoms with Crippen molar-refractivity contribution < 1.29 is 37.0 Å². The summed E-state index contributed by atoms with van der Waals surface area (Å²) in [6, 6.07) is 11.5. The molecule has 4 rings (SSSR count). The second kappa shape index (κ2) is 12.7. The maximum absolute atomic E-state index is 13.9. The van der Waals surface area contributed by atoms with Crippen LogP contribution in [0.25, 0.3) is 6.08 Å². The van der Waals surface area contributed by atoms with Crippen LogP contribution in [-0.2, 0) is 16.2 Å². The van der Waals surface area contributed by atoms with Crippen LogP contribution >= 0.6 is 35.0 Å². The first-order chi connectivity index (χ1) is 19.1. The minimum Gasteiger partial charge on any atom is -0.490 e. The average Bonchev–Trinajstić information content (AvgIpc) is 3.17. The molecule has 1 saturated heterocycles. The molecule has 40 heavy (non-hydrogen) atoms. The van der Waals surface area contributed by atoms with Crippen LogP contribution in [0.3, 0.4) is 0 Å². The van der Waals surface area contributed by atoms with Crippen LogP contribution in [0.1, 0.15) is 18.1 Å². The number of hydrogen-bond acceptors (Lipinski definition) is 6. The first-order valence-electron chi connectivity index (χ1n) is 11.6. The molecule has 0 aromatic heterocycles. The number of thioether (sulfide) groups is 1. The Kier molecular flexibility index (Phi) is 9.28. The highest BCUT2D eigenvalue weighted by Crippen LogP contribution is 2.35. The minimum atomic E-state index is -1.76. The molecule has 1 fully saturated rings. The lowest BCUT2D eigenvalue weighted by atomic mass is 10.1. The number of ether oxygens (including phenoxy) is 2. The van der Waals surface area contributed by atoms with Gasteiger partial charge in [0.2, 0.25) is 5.91 Å². The summed E-state index contributed by atoms with van der Waals surface area (Å²) in [5, 5.41) is 2.11. The molecule has 208 valence electrons. The Bertz CT molecular complexity index is 1540. The molecule has 1 aliphatic rings. The fourth-order valence-electron chi connectivity index (χ4n) is 3.54. The lowest BCUT2D eigenvalue weighted by Gasteiger charge is -2.13. The van der Waals surface area contributed by atoms with E-state index in [1.165, 1.54) is 6.08 Å². The summed E-state index contributed by atoms with van der Waals surface area (Å²) in [5.74, 6) is -5.70. The Labute approximate surface area is 240 Å². The summed E-state index contributed by atoms with van der Waals surface area (Å²) >= 11 is 12.6. The molecule has 13 heteroatoms. The first-order valence-corrected chi connectivity index (χ1v) is 13.2. The van der Waals surface area contributed by atoms with Gasteiger partial charge in [0.1, 0.15) is 13.2 Å². The number of nitrogens with one attached hydrogen (secondary N) is 1. The number of carbonyl (C=O) groups is 3. The zero-order valence-corrected chi connectivity index (χ0v) is 22.9. The van der Waals surface area contributed by atoms with Crippen LogP contribution in [0, 0.1) is 17.5 Å². The third kappa shape index (κ3) is 6.72. The molecule has 0 unspecified atom stereocenters. The Hall–Kier alpha value is -3.67. The Morgan fingerprint density at radius 1 is 0.975 bits per heavy atom. The molecule has 0 bridgehead atoms. The van der Waals surface area contributed by atoms with E-state index < -0.39 is 46.7 Å². The number of halogens is 5. The lowest BCUT2D eigenvalue weighted by molar-refractivity contribution is -0.127.